The Labute approximate surface area is 46.1 Å². The summed E-state index contributed by atoms with van der Waals surface area (Å²) >= 11 is 0. The zero-order chi connectivity index (χ0) is 5.70. The van der Waals surface area contributed by atoms with Crippen molar-refractivity contribution in [2.45, 2.75) is 33.2 Å². The standard InChI is InChI=1S/C6H15N/c1-4-6(3)7-5-2/h6-7H,4-5H2,1-3H3. The Morgan fingerprint density at radius 3 is 2.14 bits per heavy atom. The molecule has 44 valence electrons. The van der Waals surface area contributed by atoms with Gasteiger partial charge in [-0.25, -0.2) is 0 Å². The third kappa shape index (κ3) is 3.80. The number of rotatable bonds is 3. The van der Waals surface area contributed by atoms with Crippen LogP contribution in [0.1, 0.15) is 27.2 Å². The Bertz CT molecular complexity index is 35.2. The molecule has 0 aromatic carbocycles. The number of hydrogen-bond donors (Lipinski definition) is 1. The highest BCUT2D eigenvalue weighted by Gasteiger charge is 1.90. The van der Waals surface area contributed by atoms with Gasteiger partial charge in [0.1, 0.15) is 0 Å². The van der Waals surface area contributed by atoms with Gasteiger partial charge in [0.2, 0.25) is 0 Å². The van der Waals surface area contributed by atoms with Crippen molar-refractivity contribution < 1.29 is 0 Å². The third-order valence-electron chi connectivity index (χ3n) is 1.16. The van der Waals surface area contributed by atoms with Crippen LogP contribution in [0.15, 0.2) is 0 Å². The maximum Gasteiger partial charge on any atom is 0.00359 e. The van der Waals surface area contributed by atoms with Crippen molar-refractivity contribution in [2.75, 3.05) is 6.54 Å². The first-order valence-electron chi connectivity index (χ1n) is 3.04. The molecular weight excluding hydrogens is 86.1 g/mol. The van der Waals surface area contributed by atoms with E-state index in [1.165, 1.54) is 6.42 Å². The lowest BCUT2D eigenvalue weighted by Crippen LogP contribution is -2.24. The summed E-state index contributed by atoms with van der Waals surface area (Å²) < 4.78 is 0. The molecule has 0 rings (SSSR count). The maximum atomic E-state index is 3.30. The van der Waals surface area contributed by atoms with Crippen molar-refractivity contribution in [3.8, 4) is 0 Å². The lowest BCUT2D eigenvalue weighted by atomic mass is 10.3. The molecule has 7 heavy (non-hydrogen) atoms. The summed E-state index contributed by atoms with van der Waals surface area (Å²) in [5.41, 5.74) is 0. The van der Waals surface area contributed by atoms with Crippen LogP contribution < -0.4 is 5.32 Å². The van der Waals surface area contributed by atoms with E-state index in [1.54, 1.807) is 0 Å². The second kappa shape index (κ2) is 4.13. The molecule has 1 N–H and O–H groups in total. The van der Waals surface area contributed by atoms with Gasteiger partial charge in [0.15, 0.2) is 0 Å². The quantitative estimate of drug-likeness (QED) is 0.566. The maximum absolute atomic E-state index is 3.30. The average Bonchev–Trinajstić information content (AvgIpc) is 1.68. The fourth-order valence-electron chi connectivity index (χ4n) is 0.493. The third-order valence-corrected chi connectivity index (χ3v) is 1.16. The predicted molar refractivity (Wildman–Crippen MR) is 33.4 cm³/mol. The minimum atomic E-state index is 0.699. The summed E-state index contributed by atoms with van der Waals surface area (Å²) in [4.78, 5) is 0. The van der Waals surface area contributed by atoms with Gasteiger partial charge in [-0.1, -0.05) is 13.8 Å². The molecule has 1 heteroatoms. The van der Waals surface area contributed by atoms with Crippen molar-refractivity contribution >= 4 is 0 Å². The van der Waals surface area contributed by atoms with Gasteiger partial charge in [0.25, 0.3) is 0 Å². The molecule has 0 bridgehead atoms. The summed E-state index contributed by atoms with van der Waals surface area (Å²) in [6, 6.07) is 0.699. The van der Waals surface area contributed by atoms with E-state index in [1.807, 2.05) is 0 Å². The topological polar surface area (TPSA) is 12.0 Å². The first kappa shape index (κ1) is 6.96. The SMILES string of the molecule is CCNC(C)CC. The summed E-state index contributed by atoms with van der Waals surface area (Å²) in [5.74, 6) is 0. The molecule has 0 aliphatic rings. The zero-order valence-corrected chi connectivity index (χ0v) is 5.49. The first-order valence-corrected chi connectivity index (χ1v) is 3.04. The molecule has 1 atom stereocenters. The smallest absolute Gasteiger partial charge is 0.00359 e. The van der Waals surface area contributed by atoms with Gasteiger partial charge in [0.05, 0.1) is 0 Å². The van der Waals surface area contributed by atoms with Crippen LogP contribution in [0.4, 0.5) is 0 Å². The van der Waals surface area contributed by atoms with E-state index in [0.717, 1.165) is 6.54 Å². The molecule has 0 aromatic rings. The summed E-state index contributed by atoms with van der Waals surface area (Å²) in [6.07, 6.45) is 1.23. The average molecular weight is 101 g/mol. The van der Waals surface area contributed by atoms with Gasteiger partial charge in [-0.3, -0.25) is 0 Å². The Hall–Kier alpha value is -0.0400. The second-order valence-corrected chi connectivity index (χ2v) is 1.87. The molecule has 0 heterocycles. The minimum Gasteiger partial charge on any atom is -0.315 e. The summed E-state index contributed by atoms with van der Waals surface area (Å²) in [7, 11) is 0. The van der Waals surface area contributed by atoms with E-state index in [-0.39, 0.29) is 0 Å². The van der Waals surface area contributed by atoms with Gasteiger partial charge in [-0.15, -0.1) is 0 Å². The Morgan fingerprint density at radius 2 is 2.00 bits per heavy atom. The van der Waals surface area contributed by atoms with E-state index >= 15 is 0 Å². The highest BCUT2D eigenvalue weighted by molar-refractivity contribution is 4.53. The van der Waals surface area contributed by atoms with Crippen molar-refractivity contribution in [3.63, 3.8) is 0 Å². The van der Waals surface area contributed by atoms with Gasteiger partial charge in [0, 0.05) is 6.04 Å². The van der Waals surface area contributed by atoms with Gasteiger partial charge in [-0.2, -0.15) is 0 Å². The van der Waals surface area contributed by atoms with Gasteiger partial charge < -0.3 is 5.32 Å². The van der Waals surface area contributed by atoms with E-state index < -0.39 is 0 Å². The van der Waals surface area contributed by atoms with Gasteiger partial charge >= 0.3 is 0 Å². The highest BCUT2D eigenvalue weighted by Crippen LogP contribution is 1.84. The molecule has 1 nitrogen and oxygen atoms in total. The fraction of sp³-hybridized carbons (Fsp3) is 1.00. The molecule has 0 saturated carbocycles. The van der Waals surface area contributed by atoms with E-state index in [9.17, 15) is 0 Å². The Kier molecular flexibility index (Phi) is 4.10. The van der Waals surface area contributed by atoms with Crippen molar-refractivity contribution in [1.82, 2.24) is 5.32 Å². The molecule has 0 aliphatic carbocycles. The first-order chi connectivity index (χ1) is 3.31. The van der Waals surface area contributed by atoms with Crippen LogP contribution >= 0.6 is 0 Å². The Morgan fingerprint density at radius 1 is 1.43 bits per heavy atom. The van der Waals surface area contributed by atoms with Crippen molar-refractivity contribution in [1.29, 1.82) is 0 Å². The highest BCUT2D eigenvalue weighted by atomic mass is 14.9. The monoisotopic (exact) mass is 101 g/mol. The fourth-order valence-corrected chi connectivity index (χ4v) is 0.493. The van der Waals surface area contributed by atoms with Crippen molar-refractivity contribution in [2.24, 2.45) is 0 Å². The Balaban J connectivity index is 2.83. The van der Waals surface area contributed by atoms with E-state index in [0.29, 0.717) is 6.04 Å². The molecular formula is C6H15N. The molecule has 0 radical (unpaired) electrons. The number of nitrogens with one attached hydrogen (secondary N) is 1. The van der Waals surface area contributed by atoms with Crippen LogP contribution in [0.2, 0.25) is 0 Å². The summed E-state index contributed by atoms with van der Waals surface area (Å²) in [5, 5.41) is 3.30. The van der Waals surface area contributed by atoms with E-state index in [2.05, 4.69) is 26.1 Å². The largest absolute Gasteiger partial charge is 0.315 e. The van der Waals surface area contributed by atoms with Crippen LogP contribution in [-0.2, 0) is 0 Å². The van der Waals surface area contributed by atoms with E-state index in [4.69, 9.17) is 0 Å². The molecule has 0 aromatic heterocycles. The van der Waals surface area contributed by atoms with Crippen LogP contribution in [-0.4, -0.2) is 12.6 Å². The second-order valence-electron chi connectivity index (χ2n) is 1.87. The number of hydrogen-bond acceptors (Lipinski definition) is 1. The zero-order valence-electron chi connectivity index (χ0n) is 5.49. The molecule has 0 spiro atoms. The van der Waals surface area contributed by atoms with Crippen LogP contribution in [0.25, 0.3) is 0 Å². The molecule has 0 amide bonds. The molecule has 0 saturated heterocycles. The normalized spacial score (nSPS) is 14.1. The van der Waals surface area contributed by atoms with Crippen LogP contribution in [0.3, 0.4) is 0 Å². The van der Waals surface area contributed by atoms with Crippen molar-refractivity contribution in [3.05, 3.63) is 0 Å². The minimum absolute atomic E-state index is 0.699. The lowest BCUT2D eigenvalue weighted by molar-refractivity contribution is 0.553. The molecule has 0 aliphatic heterocycles. The molecule has 0 fully saturated rings. The molecule has 1 unspecified atom stereocenters. The lowest BCUT2D eigenvalue weighted by Gasteiger charge is -2.06. The van der Waals surface area contributed by atoms with Crippen LogP contribution in [0.5, 0.6) is 0 Å². The summed E-state index contributed by atoms with van der Waals surface area (Å²) in [6.45, 7) is 7.61. The predicted octanol–water partition coefficient (Wildman–Crippen LogP) is 1.39. The van der Waals surface area contributed by atoms with Gasteiger partial charge in [-0.05, 0) is 19.9 Å². The van der Waals surface area contributed by atoms with Crippen LogP contribution in [0, 0.1) is 0 Å².